The predicted octanol–water partition coefficient (Wildman–Crippen LogP) is 3.02. The smallest absolute Gasteiger partial charge is 0.323 e. The third-order valence-electron chi connectivity index (χ3n) is 3.93. The molecule has 26 heavy (non-hydrogen) atoms. The van der Waals surface area contributed by atoms with Gasteiger partial charge in [0.05, 0.1) is 18.4 Å². The number of carbonyl (C=O) groups excluding carboxylic acids is 1. The zero-order valence-electron chi connectivity index (χ0n) is 15.4. The maximum Gasteiger partial charge on any atom is 0.324 e. The lowest BCUT2D eigenvalue weighted by Crippen LogP contribution is -2.31. The van der Waals surface area contributed by atoms with Gasteiger partial charge in [0.1, 0.15) is 5.82 Å². The Kier molecular flexibility index (Phi) is 5.01. The molecule has 0 aliphatic heterocycles. The highest BCUT2D eigenvalue weighted by Gasteiger charge is 2.15. The number of aromatic nitrogens is 5. The van der Waals surface area contributed by atoms with Crippen LogP contribution >= 0.6 is 0 Å². The van der Waals surface area contributed by atoms with E-state index in [1.54, 1.807) is 27.5 Å². The van der Waals surface area contributed by atoms with Gasteiger partial charge in [0.2, 0.25) is 5.95 Å². The summed E-state index contributed by atoms with van der Waals surface area (Å²) in [6, 6.07) is 9.76. The summed E-state index contributed by atoms with van der Waals surface area (Å²) in [5.41, 5.74) is 1.91. The second-order valence-electron chi connectivity index (χ2n) is 6.44. The Balaban J connectivity index is 1.63. The molecule has 0 aliphatic rings. The molecule has 1 N–H and O–H groups in total. The first kappa shape index (κ1) is 17.7. The van der Waals surface area contributed by atoms with E-state index in [-0.39, 0.29) is 12.1 Å². The number of aryl methyl sites for hydroxylation is 1. The molecule has 3 rings (SSSR count). The Morgan fingerprint density at radius 3 is 2.65 bits per heavy atom. The van der Waals surface area contributed by atoms with Crippen LogP contribution in [0, 0.1) is 6.92 Å². The number of benzene rings is 1. The first-order chi connectivity index (χ1) is 12.4. The number of hydrogen-bond donors (Lipinski definition) is 1. The number of carbonyl (C=O) groups is 1. The van der Waals surface area contributed by atoms with Crippen LogP contribution < -0.4 is 5.32 Å². The number of nitrogens with one attached hydrogen (secondary N) is 1. The van der Waals surface area contributed by atoms with Gasteiger partial charge < -0.3 is 4.90 Å². The third-order valence-corrected chi connectivity index (χ3v) is 3.93. The number of anilines is 1. The van der Waals surface area contributed by atoms with E-state index in [0.717, 1.165) is 17.1 Å². The fourth-order valence-electron chi connectivity index (χ4n) is 2.64. The van der Waals surface area contributed by atoms with Gasteiger partial charge in [0.25, 0.3) is 0 Å². The fraction of sp³-hybridized carbons (Fsp3) is 0.333. The van der Waals surface area contributed by atoms with Crippen LogP contribution in [0.15, 0.2) is 42.7 Å². The van der Waals surface area contributed by atoms with Gasteiger partial charge in [0, 0.05) is 24.8 Å². The first-order valence-electron chi connectivity index (χ1n) is 8.48. The van der Waals surface area contributed by atoms with Gasteiger partial charge in [-0.05, 0) is 32.9 Å². The number of nitrogens with zero attached hydrogens (tertiary/aromatic N) is 6. The largest absolute Gasteiger partial charge is 0.324 e. The van der Waals surface area contributed by atoms with E-state index >= 15 is 0 Å². The molecule has 1 aromatic carbocycles. The van der Waals surface area contributed by atoms with E-state index in [1.807, 2.05) is 57.3 Å². The van der Waals surface area contributed by atoms with Crippen molar-refractivity contribution in [1.29, 1.82) is 0 Å². The van der Waals surface area contributed by atoms with Crippen LogP contribution in [0.5, 0.6) is 0 Å². The summed E-state index contributed by atoms with van der Waals surface area (Å²) in [6.07, 6.45) is 3.67. The Hall–Kier alpha value is -3.16. The van der Waals surface area contributed by atoms with Crippen molar-refractivity contribution in [3.8, 4) is 5.69 Å². The van der Waals surface area contributed by atoms with Crippen LogP contribution in [0.3, 0.4) is 0 Å². The lowest BCUT2D eigenvalue weighted by Gasteiger charge is -2.15. The van der Waals surface area contributed by atoms with Crippen molar-refractivity contribution in [3.05, 3.63) is 54.1 Å². The van der Waals surface area contributed by atoms with Crippen LogP contribution in [0.25, 0.3) is 5.69 Å². The molecule has 3 aromatic rings. The lowest BCUT2D eigenvalue weighted by atomic mass is 10.3. The number of urea groups is 1. The van der Waals surface area contributed by atoms with E-state index in [4.69, 9.17) is 0 Å². The van der Waals surface area contributed by atoms with Gasteiger partial charge in [-0.15, -0.1) is 5.10 Å². The summed E-state index contributed by atoms with van der Waals surface area (Å²) in [5, 5.41) is 11.4. The molecule has 0 bridgehead atoms. The second kappa shape index (κ2) is 7.38. The van der Waals surface area contributed by atoms with Gasteiger partial charge in [-0.25, -0.2) is 14.2 Å². The predicted molar refractivity (Wildman–Crippen MR) is 99.2 cm³/mol. The maximum absolute atomic E-state index is 12.4. The molecule has 2 amide bonds. The van der Waals surface area contributed by atoms with Crippen molar-refractivity contribution in [1.82, 2.24) is 29.4 Å². The van der Waals surface area contributed by atoms with Gasteiger partial charge >= 0.3 is 6.03 Å². The molecule has 136 valence electrons. The summed E-state index contributed by atoms with van der Waals surface area (Å²) >= 11 is 0. The van der Waals surface area contributed by atoms with Crippen molar-refractivity contribution in [3.63, 3.8) is 0 Å². The molecule has 0 fully saturated rings. The molecule has 0 unspecified atom stereocenters. The highest BCUT2D eigenvalue weighted by Crippen LogP contribution is 2.12. The molecule has 0 saturated heterocycles. The average Bonchev–Trinajstić information content (AvgIpc) is 3.22. The van der Waals surface area contributed by atoms with Crippen molar-refractivity contribution >= 4 is 12.0 Å². The molecule has 0 saturated carbocycles. The molecule has 8 nitrogen and oxygen atoms in total. The topological polar surface area (TPSA) is 80.9 Å². The first-order valence-corrected chi connectivity index (χ1v) is 8.48. The maximum atomic E-state index is 12.4. The van der Waals surface area contributed by atoms with Crippen LogP contribution in [0.4, 0.5) is 10.7 Å². The molecule has 0 atom stereocenters. The van der Waals surface area contributed by atoms with E-state index < -0.39 is 0 Å². The van der Waals surface area contributed by atoms with Gasteiger partial charge in [-0.3, -0.25) is 5.32 Å². The Labute approximate surface area is 152 Å². The summed E-state index contributed by atoms with van der Waals surface area (Å²) < 4.78 is 3.57. The molecular weight excluding hydrogens is 330 g/mol. The minimum Gasteiger partial charge on any atom is -0.323 e. The van der Waals surface area contributed by atoms with Crippen molar-refractivity contribution in [2.24, 2.45) is 0 Å². The standard InChI is InChI=1S/C18H23N7O/c1-13(2)25-14(3)20-17(22-25)21-18(26)23(4)11-15-10-19-24(12-15)16-8-6-5-7-9-16/h5-10,12-13H,11H2,1-4H3,(H,21,22,26). The number of para-hydroxylation sites is 1. The summed E-state index contributed by atoms with van der Waals surface area (Å²) in [4.78, 5) is 18.2. The summed E-state index contributed by atoms with van der Waals surface area (Å²) in [6.45, 7) is 6.33. The van der Waals surface area contributed by atoms with Gasteiger partial charge in [0.15, 0.2) is 0 Å². The van der Waals surface area contributed by atoms with Crippen molar-refractivity contribution in [2.75, 3.05) is 12.4 Å². The number of rotatable bonds is 5. The Morgan fingerprint density at radius 2 is 2.00 bits per heavy atom. The molecule has 0 radical (unpaired) electrons. The van der Waals surface area contributed by atoms with Gasteiger partial charge in [-0.2, -0.15) is 10.1 Å². The van der Waals surface area contributed by atoms with Crippen molar-refractivity contribution < 1.29 is 4.79 Å². The molecule has 8 heteroatoms. The fourth-order valence-corrected chi connectivity index (χ4v) is 2.64. The van der Waals surface area contributed by atoms with Gasteiger partial charge in [-0.1, -0.05) is 18.2 Å². The zero-order chi connectivity index (χ0) is 18.7. The highest BCUT2D eigenvalue weighted by molar-refractivity contribution is 5.87. The SMILES string of the molecule is Cc1nc(NC(=O)N(C)Cc2cnn(-c3ccccc3)c2)nn1C(C)C. The normalized spacial score (nSPS) is 11.0. The van der Waals surface area contributed by atoms with E-state index in [1.165, 1.54) is 0 Å². The Bertz CT molecular complexity index is 882. The monoisotopic (exact) mass is 353 g/mol. The third kappa shape index (κ3) is 3.90. The van der Waals surface area contributed by atoms with Crippen LogP contribution in [-0.2, 0) is 6.54 Å². The van der Waals surface area contributed by atoms with Crippen LogP contribution in [0.2, 0.25) is 0 Å². The molecule has 2 heterocycles. The zero-order valence-corrected chi connectivity index (χ0v) is 15.4. The molecule has 0 aliphatic carbocycles. The van der Waals surface area contributed by atoms with Crippen molar-refractivity contribution in [2.45, 2.75) is 33.4 Å². The highest BCUT2D eigenvalue weighted by atomic mass is 16.2. The number of hydrogen-bond acceptors (Lipinski definition) is 4. The minimum atomic E-state index is -0.265. The molecule has 0 spiro atoms. The lowest BCUT2D eigenvalue weighted by molar-refractivity contribution is 0.220. The average molecular weight is 353 g/mol. The summed E-state index contributed by atoms with van der Waals surface area (Å²) in [5.74, 6) is 1.08. The van der Waals surface area contributed by atoms with E-state index in [0.29, 0.717) is 12.5 Å². The van der Waals surface area contributed by atoms with E-state index in [9.17, 15) is 4.79 Å². The quantitative estimate of drug-likeness (QED) is 0.764. The van der Waals surface area contributed by atoms with Crippen LogP contribution in [-0.4, -0.2) is 42.5 Å². The molecule has 2 aromatic heterocycles. The minimum absolute atomic E-state index is 0.190. The number of amides is 2. The summed E-state index contributed by atoms with van der Waals surface area (Å²) in [7, 11) is 1.72. The van der Waals surface area contributed by atoms with Crippen LogP contribution in [0.1, 0.15) is 31.3 Å². The molecular formula is C18H23N7O. The Morgan fingerprint density at radius 1 is 1.27 bits per heavy atom. The second-order valence-corrected chi connectivity index (χ2v) is 6.44. The van der Waals surface area contributed by atoms with E-state index in [2.05, 4.69) is 20.5 Å².